The molecule has 0 bridgehead atoms. The molecule has 1 amide bonds. The molecule has 0 radical (unpaired) electrons. The van der Waals surface area contributed by atoms with Gasteiger partial charge in [-0.05, 0) is 36.4 Å². The van der Waals surface area contributed by atoms with Crippen molar-refractivity contribution >= 4 is 23.3 Å². The van der Waals surface area contributed by atoms with Gasteiger partial charge in [0, 0.05) is 28.4 Å². The summed E-state index contributed by atoms with van der Waals surface area (Å²) in [6, 6.07) is 11.2. The lowest BCUT2D eigenvalue weighted by molar-refractivity contribution is 0.102. The largest absolute Gasteiger partial charge is 0.305 e. The molecule has 0 spiro atoms. The van der Waals surface area contributed by atoms with Crippen LogP contribution in [0.2, 0.25) is 5.02 Å². The van der Waals surface area contributed by atoms with Gasteiger partial charge in [0.25, 0.3) is 5.91 Å². The Morgan fingerprint density at radius 1 is 1.12 bits per heavy atom. The first-order valence-electron chi connectivity index (χ1n) is 7.06. The predicted octanol–water partition coefficient (Wildman–Crippen LogP) is 4.12. The van der Waals surface area contributed by atoms with Crippen molar-refractivity contribution in [2.45, 2.75) is 6.54 Å². The Balaban J connectivity index is 1.71. The second-order valence-electron chi connectivity index (χ2n) is 5.06. The molecule has 3 rings (SSSR count). The lowest BCUT2D eigenvalue weighted by Crippen LogP contribution is -2.13. The van der Waals surface area contributed by atoms with Crippen LogP contribution in [0.15, 0.2) is 54.7 Å². The highest BCUT2D eigenvalue weighted by Gasteiger charge is 2.11. The second kappa shape index (κ2) is 6.80. The van der Waals surface area contributed by atoms with Gasteiger partial charge in [-0.15, -0.1) is 0 Å². The highest BCUT2D eigenvalue weighted by atomic mass is 35.5. The highest BCUT2D eigenvalue weighted by molar-refractivity contribution is 6.31. The normalized spacial score (nSPS) is 10.6. The zero-order valence-corrected chi connectivity index (χ0v) is 13.1. The molecular formula is C17H12ClF2N3O. The van der Waals surface area contributed by atoms with Gasteiger partial charge in [0.2, 0.25) is 0 Å². The summed E-state index contributed by atoms with van der Waals surface area (Å²) in [6.45, 7) is 0.137. The fourth-order valence-corrected chi connectivity index (χ4v) is 2.37. The summed E-state index contributed by atoms with van der Waals surface area (Å²) in [4.78, 5) is 12.0. The van der Waals surface area contributed by atoms with Gasteiger partial charge in [0.05, 0.1) is 6.54 Å². The number of benzene rings is 2. The van der Waals surface area contributed by atoms with Gasteiger partial charge in [-0.1, -0.05) is 17.7 Å². The Morgan fingerprint density at radius 3 is 2.58 bits per heavy atom. The number of aromatic nitrogens is 2. The van der Waals surface area contributed by atoms with Crippen molar-refractivity contribution in [2.24, 2.45) is 0 Å². The van der Waals surface area contributed by atoms with Gasteiger partial charge in [-0.3, -0.25) is 9.48 Å². The summed E-state index contributed by atoms with van der Waals surface area (Å²) in [7, 11) is 0. The zero-order chi connectivity index (χ0) is 17.1. The number of amides is 1. The molecule has 1 aromatic heterocycles. The Labute approximate surface area is 141 Å². The van der Waals surface area contributed by atoms with Crippen LogP contribution in [0.1, 0.15) is 15.9 Å². The van der Waals surface area contributed by atoms with E-state index in [0.717, 1.165) is 0 Å². The van der Waals surface area contributed by atoms with E-state index in [4.69, 9.17) is 11.6 Å². The van der Waals surface area contributed by atoms with Gasteiger partial charge < -0.3 is 5.32 Å². The third-order valence-electron chi connectivity index (χ3n) is 3.37. The van der Waals surface area contributed by atoms with Crippen molar-refractivity contribution < 1.29 is 13.6 Å². The number of hydrogen-bond donors (Lipinski definition) is 1. The Morgan fingerprint density at radius 2 is 1.88 bits per heavy atom. The number of nitrogens with zero attached hydrogens (tertiary/aromatic N) is 2. The average Bonchev–Trinajstić information content (AvgIpc) is 2.99. The maximum absolute atomic E-state index is 13.8. The Bertz CT molecular complexity index is 858. The molecule has 0 aliphatic heterocycles. The number of halogens is 3. The van der Waals surface area contributed by atoms with Crippen LogP contribution in [-0.4, -0.2) is 15.7 Å². The maximum atomic E-state index is 13.8. The molecule has 0 atom stereocenters. The standard InChI is InChI=1S/C17H12ClF2N3O/c18-14-2-1-3-15(20)13(14)10-23-9-8-16(22-23)21-17(24)11-4-6-12(19)7-5-11/h1-9H,10H2,(H,21,22,24). The first-order chi connectivity index (χ1) is 11.5. The molecule has 0 saturated heterocycles. The van der Waals surface area contributed by atoms with E-state index in [1.54, 1.807) is 18.3 Å². The molecule has 4 nitrogen and oxygen atoms in total. The first kappa shape index (κ1) is 16.1. The summed E-state index contributed by atoms with van der Waals surface area (Å²) in [5.41, 5.74) is 0.627. The minimum Gasteiger partial charge on any atom is -0.305 e. The lowest BCUT2D eigenvalue weighted by atomic mass is 10.2. The second-order valence-corrected chi connectivity index (χ2v) is 5.47. The number of rotatable bonds is 4. The number of carbonyl (C=O) groups is 1. The lowest BCUT2D eigenvalue weighted by Gasteiger charge is -2.06. The van der Waals surface area contributed by atoms with Crippen LogP contribution in [0.4, 0.5) is 14.6 Å². The molecule has 2 aromatic carbocycles. The Hall–Kier alpha value is -2.73. The Kier molecular flexibility index (Phi) is 4.57. The number of carbonyl (C=O) groups excluding carboxylic acids is 1. The molecule has 24 heavy (non-hydrogen) atoms. The number of nitrogens with one attached hydrogen (secondary N) is 1. The van der Waals surface area contributed by atoms with E-state index in [-0.39, 0.29) is 6.54 Å². The van der Waals surface area contributed by atoms with Crippen LogP contribution in [0.5, 0.6) is 0 Å². The smallest absolute Gasteiger partial charge is 0.256 e. The van der Waals surface area contributed by atoms with Crippen LogP contribution in [0, 0.1) is 11.6 Å². The average molecular weight is 348 g/mol. The van der Waals surface area contributed by atoms with E-state index in [9.17, 15) is 13.6 Å². The highest BCUT2D eigenvalue weighted by Crippen LogP contribution is 2.20. The third kappa shape index (κ3) is 3.60. The van der Waals surface area contributed by atoms with E-state index in [2.05, 4.69) is 10.4 Å². The first-order valence-corrected chi connectivity index (χ1v) is 7.44. The fourth-order valence-electron chi connectivity index (χ4n) is 2.15. The molecule has 0 fully saturated rings. The molecule has 0 saturated carbocycles. The van der Waals surface area contributed by atoms with Crippen molar-refractivity contribution in [2.75, 3.05) is 5.32 Å². The zero-order valence-electron chi connectivity index (χ0n) is 12.3. The van der Waals surface area contributed by atoms with Crippen molar-refractivity contribution in [3.63, 3.8) is 0 Å². The van der Waals surface area contributed by atoms with E-state index >= 15 is 0 Å². The summed E-state index contributed by atoms with van der Waals surface area (Å²) >= 11 is 5.98. The van der Waals surface area contributed by atoms with Crippen molar-refractivity contribution in [3.8, 4) is 0 Å². The van der Waals surface area contributed by atoms with Gasteiger partial charge in [0.1, 0.15) is 11.6 Å². The molecular weight excluding hydrogens is 336 g/mol. The van der Waals surface area contributed by atoms with Crippen LogP contribution >= 0.6 is 11.6 Å². The fraction of sp³-hybridized carbons (Fsp3) is 0.0588. The third-order valence-corrected chi connectivity index (χ3v) is 3.72. The van der Waals surface area contributed by atoms with Gasteiger partial charge in [0.15, 0.2) is 5.82 Å². The van der Waals surface area contributed by atoms with Crippen molar-refractivity contribution in [3.05, 3.63) is 82.5 Å². The van der Waals surface area contributed by atoms with Crippen LogP contribution < -0.4 is 5.32 Å². The minimum atomic E-state index is -0.421. The van der Waals surface area contributed by atoms with E-state index in [0.29, 0.717) is 22.0 Å². The van der Waals surface area contributed by atoms with Crippen LogP contribution in [-0.2, 0) is 6.54 Å². The van der Waals surface area contributed by atoms with Crippen molar-refractivity contribution in [1.82, 2.24) is 9.78 Å². The minimum absolute atomic E-state index is 0.137. The summed E-state index contributed by atoms with van der Waals surface area (Å²) in [5.74, 6) is -0.951. The van der Waals surface area contributed by atoms with E-state index in [1.807, 2.05) is 0 Å². The molecule has 0 unspecified atom stereocenters. The molecule has 122 valence electrons. The molecule has 7 heteroatoms. The summed E-state index contributed by atoms with van der Waals surface area (Å²) < 4.78 is 28.1. The summed E-state index contributed by atoms with van der Waals surface area (Å²) in [5, 5.41) is 7.06. The molecule has 3 aromatic rings. The number of hydrogen-bond acceptors (Lipinski definition) is 2. The van der Waals surface area contributed by atoms with Gasteiger partial charge >= 0.3 is 0 Å². The monoisotopic (exact) mass is 347 g/mol. The van der Waals surface area contributed by atoms with E-state index < -0.39 is 17.5 Å². The summed E-state index contributed by atoms with van der Waals surface area (Å²) in [6.07, 6.45) is 1.60. The van der Waals surface area contributed by atoms with Gasteiger partial charge in [-0.2, -0.15) is 5.10 Å². The van der Waals surface area contributed by atoms with Gasteiger partial charge in [-0.25, -0.2) is 8.78 Å². The SMILES string of the molecule is O=C(Nc1ccn(Cc2c(F)cccc2Cl)n1)c1ccc(F)cc1. The predicted molar refractivity (Wildman–Crippen MR) is 87.1 cm³/mol. The quantitative estimate of drug-likeness (QED) is 0.772. The van der Waals surface area contributed by atoms with Crippen molar-refractivity contribution in [1.29, 1.82) is 0 Å². The van der Waals surface area contributed by atoms with Crippen LogP contribution in [0.3, 0.4) is 0 Å². The molecule has 0 aliphatic carbocycles. The topological polar surface area (TPSA) is 46.9 Å². The molecule has 0 aliphatic rings. The van der Waals surface area contributed by atoms with Crippen LogP contribution in [0.25, 0.3) is 0 Å². The number of anilines is 1. The molecule has 1 heterocycles. The van der Waals surface area contributed by atoms with E-state index in [1.165, 1.54) is 41.1 Å². The maximum Gasteiger partial charge on any atom is 0.256 e. The molecule has 1 N–H and O–H groups in total.